The molecule has 0 bridgehead atoms. The second kappa shape index (κ2) is 5.16. The number of para-hydroxylation sites is 1. The molecule has 0 amide bonds. The zero-order chi connectivity index (χ0) is 15.0. The molecule has 0 radical (unpaired) electrons. The molecule has 21 heavy (non-hydrogen) atoms. The quantitative estimate of drug-likeness (QED) is 0.761. The highest BCUT2D eigenvalue weighted by Gasteiger charge is 2.16. The number of ether oxygens (including phenoxy) is 1. The Morgan fingerprint density at radius 3 is 2.81 bits per heavy atom. The van der Waals surface area contributed by atoms with Gasteiger partial charge in [-0.15, -0.1) is 0 Å². The van der Waals surface area contributed by atoms with Gasteiger partial charge < -0.3 is 14.5 Å². The number of nitrogens with zero attached hydrogens (tertiary/aromatic N) is 1. The van der Waals surface area contributed by atoms with Crippen LogP contribution in [0.4, 0.5) is 5.69 Å². The second-order valence-electron chi connectivity index (χ2n) is 5.20. The number of methoxy groups -OCH3 is 1. The number of hydrogen-bond acceptors (Lipinski definition) is 4. The highest BCUT2D eigenvalue weighted by Crippen LogP contribution is 2.32. The van der Waals surface area contributed by atoms with E-state index in [-0.39, 0.29) is 6.04 Å². The van der Waals surface area contributed by atoms with E-state index in [9.17, 15) is 0 Å². The number of H-pyrrole nitrogens is 1. The molecule has 1 atom stereocenters. The molecule has 0 aliphatic carbocycles. The van der Waals surface area contributed by atoms with Crippen molar-refractivity contribution in [1.82, 2.24) is 10.2 Å². The number of aromatic nitrogens is 2. The lowest BCUT2D eigenvalue weighted by Gasteiger charge is -2.12. The van der Waals surface area contributed by atoms with Crippen LogP contribution in [0, 0.1) is 13.8 Å². The van der Waals surface area contributed by atoms with E-state index in [4.69, 9.17) is 9.15 Å². The first-order valence-electron chi connectivity index (χ1n) is 6.94. The first-order valence-corrected chi connectivity index (χ1v) is 6.94. The summed E-state index contributed by atoms with van der Waals surface area (Å²) < 4.78 is 11.3. The molecule has 3 aromatic rings. The minimum absolute atomic E-state index is 0.0390. The van der Waals surface area contributed by atoms with Crippen LogP contribution in [-0.2, 0) is 0 Å². The van der Waals surface area contributed by atoms with Gasteiger partial charge in [0.05, 0.1) is 30.2 Å². The Bertz CT molecular complexity index is 754. The predicted molar refractivity (Wildman–Crippen MR) is 82.9 cm³/mol. The third-order valence-corrected chi connectivity index (χ3v) is 3.66. The fraction of sp³-hybridized carbons (Fsp3) is 0.312. The lowest BCUT2D eigenvalue weighted by atomic mass is 10.2. The highest BCUT2D eigenvalue weighted by atomic mass is 16.5. The number of furan rings is 1. The number of aromatic amines is 1. The Kier molecular flexibility index (Phi) is 3.33. The molecule has 110 valence electrons. The van der Waals surface area contributed by atoms with Crippen LogP contribution in [0.15, 0.2) is 28.7 Å². The van der Waals surface area contributed by atoms with E-state index in [1.807, 2.05) is 38.1 Å². The molecule has 3 rings (SSSR count). The standard InChI is InChI=1S/C16H19N3O2/c1-9(17-15-10(2)18-19-11(15)3)14-8-12-6-5-7-13(20-4)16(12)21-14/h5-9,17H,1-4H3,(H,18,19). The Balaban J connectivity index is 1.93. The van der Waals surface area contributed by atoms with Crippen LogP contribution in [0.5, 0.6) is 5.75 Å². The fourth-order valence-electron chi connectivity index (χ4n) is 2.48. The molecule has 0 saturated heterocycles. The maximum absolute atomic E-state index is 5.96. The van der Waals surface area contributed by atoms with Gasteiger partial charge in [-0.1, -0.05) is 12.1 Å². The molecule has 0 aliphatic heterocycles. The van der Waals surface area contributed by atoms with Crippen molar-refractivity contribution in [2.24, 2.45) is 0 Å². The molecule has 0 aliphatic rings. The largest absolute Gasteiger partial charge is 0.493 e. The molecular formula is C16H19N3O2. The summed E-state index contributed by atoms with van der Waals surface area (Å²) in [5.74, 6) is 1.62. The van der Waals surface area contributed by atoms with E-state index in [2.05, 4.69) is 22.4 Å². The molecule has 0 spiro atoms. The lowest BCUT2D eigenvalue weighted by molar-refractivity contribution is 0.406. The van der Waals surface area contributed by atoms with Gasteiger partial charge >= 0.3 is 0 Å². The monoisotopic (exact) mass is 285 g/mol. The third-order valence-electron chi connectivity index (χ3n) is 3.66. The van der Waals surface area contributed by atoms with Gasteiger partial charge in [-0.25, -0.2) is 0 Å². The van der Waals surface area contributed by atoms with Crippen LogP contribution in [-0.4, -0.2) is 17.3 Å². The number of rotatable bonds is 4. The molecule has 5 heteroatoms. The van der Waals surface area contributed by atoms with E-state index in [0.717, 1.165) is 39.6 Å². The van der Waals surface area contributed by atoms with Gasteiger partial charge in [0.25, 0.3) is 0 Å². The number of benzene rings is 1. The van der Waals surface area contributed by atoms with E-state index < -0.39 is 0 Å². The zero-order valence-corrected chi connectivity index (χ0v) is 12.7. The van der Waals surface area contributed by atoms with Crippen LogP contribution < -0.4 is 10.1 Å². The number of aryl methyl sites for hydroxylation is 2. The minimum Gasteiger partial charge on any atom is -0.493 e. The van der Waals surface area contributed by atoms with Crippen molar-refractivity contribution in [2.75, 3.05) is 12.4 Å². The molecule has 0 fully saturated rings. The number of nitrogens with one attached hydrogen (secondary N) is 2. The van der Waals surface area contributed by atoms with E-state index in [1.165, 1.54) is 0 Å². The normalized spacial score (nSPS) is 12.6. The topological polar surface area (TPSA) is 63.1 Å². The maximum atomic E-state index is 5.96. The fourth-order valence-corrected chi connectivity index (χ4v) is 2.48. The SMILES string of the molecule is COc1cccc2cc(C(C)Nc3c(C)n[nH]c3C)oc12. The average Bonchev–Trinajstić information content (AvgIpc) is 3.05. The summed E-state index contributed by atoms with van der Waals surface area (Å²) in [5.41, 5.74) is 3.78. The van der Waals surface area contributed by atoms with E-state index in [1.54, 1.807) is 7.11 Å². The molecule has 2 heterocycles. The van der Waals surface area contributed by atoms with Crippen LogP contribution in [0.3, 0.4) is 0 Å². The van der Waals surface area contributed by atoms with Crippen LogP contribution in [0.1, 0.15) is 30.1 Å². The highest BCUT2D eigenvalue weighted by molar-refractivity contribution is 5.83. The second-order valence-corrected chi connectivity index (χ2v) is 5.20. The summed E-state index contributed by atoms with van der Waals surface area (Å²) in [5, 5.41) is 11.7. The molecule has 5 nitrogen and oxygen atoms in total. The number of hydrogen-bond donors (Lipinski definition) is 2. The van der Waals surface area contributed by atoms with Gasteiger partial charge in [-0.05, 0) is 32.9 Å². The van der Waals surface area contributed by atoms with Gasteiger partial charge in [-0.2, -0.15) is 5.10 Å². The van der Waals surface area contributed by atoms with Crippen LogP contribution in [0.2, 0.25) is 0 Å². The third kappa shape index (κ3) is 2.35. The average molecular weight is 285 g/mol. The Morgan fingerprint density at radius 2 is 2.14 bits per heavy atom. The Labute approximate surface area is 123 Å². The molecule has 2 aromatic heterocycles. The number of fused-ring (bicyclic) bond motifs is 1. The predicted octanol–water partition coefficient (Wildman–Crippen LogP) is 3.95. The van der Waals surface area contributed by atoms with E-state index in [0.29, 0.717) is 0 Å². The van der Waals surface area contributed by atoms with Gasteiger partial charge in [0.2, 0.25) is 0 Å². The summed E-state index contributed by atoms with van der Waals surface area (Å²) >= 11 is 0. The molecule has 1 aromatic carbocycles. The van der Waals surface area contributed by atoms with Crippen molar-refractivity contribution >= 4 is 16.7 Å². The van der Waals surface area contributed by atoms with Crippen LogP contribution in [0.25, 0.3) is 11.0 Å². The molecule has 1 unspecified atom stereocenters. The number of anilines is 1. The molecule has 0 saturated carbocycles. The van der Waals surface area contributed by atoms with Crippen molar-refractivity contribution in [3.05, 3.63) is 41.4 Å². The van der Waals surface area contributed by atoms with Crippen molar-refractivity contribution in [1.29, 1.82) is 0 Å². The van der Waals surface area contributed by atoms with Crippen molar-refractivity contribution in [2.45, 2.75) is 26.8 Å². The first kappa shape index (κ1) is 13.5. The van der Waals surface area contributed by atoms with Gasteiger partial charge in [0, 0.05) is 5.39 Å². The lowest BCUT2D eigenvalue weighted by Crippen LogP contribution is -2.06. The summed E-state index contributed by atoms with van der Waals surface area (Å²) in [6.07, 6.45) is 0. The van der Waals surface area contributed by atoms with Gasteiger partial charge in [0.15, 0.2) is 11.3 Å². The Morgan fingerprint density at radius 1 is 1.33 bits per heavy atom. The van der Waals surface area contributed by atoms with Gasteiger partial charge in [0.1, 0.15) is 5.76 Å². The smallest absolute Gasteiger partial charge is 0.176 e. The summed E-state index contributed by atoms with van der Waals surface area (Å²) in [7, 11) is 1.65. The van der Waals surface area contributed by atoms with Gasteiger partial charge in [-0.3, -0.25) is 5.10 Å². The maximum Gasteiger partial charge on any atom is 0.176 e. The van der Waals surface area contributed by atoms with E-state index >= 15 is 0 Å². The zero-order valence-electron chi connectivity index (χ0n) is 12.7. The van der Waals surface area contributed by atoms with Crippen molar-refractivity contribution < 1.29 is 9.15 Å². The Hall–Kier alpha value is -2.43. The summed E-state index contributed by atoms with van der Waals surface area (Å²) in [6.45, 7) is 6.03. The van der Waals surface area contributed by atoms with Crippen molar-refractivity contribution in [3.8, 4) is 5.75 Å². The summed E-state index contributed by atoms with van der Waals surface area (Å²) in [6, 6.07) is 7.96. The minimum atomic E-state index is 0.0390. The van der Waals surface area contributed by atoms with Crippen LogP contribution >= 0.6 is 0 Å². The van der Waals surface area contributed by atoms with Crippen molar-refractivity contribution in [3.63, 3.8) is 0 Å². The summed E-state index contributed by atoms with van der Waals surface area (Å²) in [4.78, 5) is 0. The first-order chi connectivity index (χ1) is 10.1. The molecular weight excluding hydrogens is 266 g/mol. The molecule has 2 N–H and O–H groups in total.